The molecule has 1 N–H and O–H groups in total. The molecule has 1 heterocycles. The Labute approximate surface area is 153 Å². The number of carbonyl (C=O) groups is 1. The summed E-state index contributed by atoms with van der Waals surface area (Å²) in [5.74, 6) is -0.987. The Bertz CT molecular complexity index is 1190. The van der Waals surface area contributed by atoms with Gasteiger partial charge in [-0.3, -0.25) is 9.59 Å². The first-order valence-electron chi connectivity index (χ1n) is 8.28. The number of aromatic nitrogens is 2. The number of rotatable bonds is 3. The van der Waals surface area contributed by atoms with Crippen LogP contribution in [0.5, 0.6) is 0 Å². The Kier molecular flexibility index (Phi) is 4.22. The maximum absolute atomic E-state index is 13.3. The molecule has 0 saturated heterocycles. The zero-order valence-electron chi connectivity index (χ0n) is 14.1. The molecule has 4 aromatic rings. The van der Waals surface area contributed by atoms with Gasteiger partial charge in [0.05, 0.1) is 16.6 Å². The summed E-state index contributed by atoms with van der Waals surface area (Å²) in [4.78, 5) is 25.5. The van der Waals surface area contributed by atoms with Crippen molar-refractivity contribution >= 4 is 22.5 Å². The van der Waals surface area contributed by atoms with Crippen LogP contribution < -0.4 is 10.7 Å². The molecule has 1 aromatic heterocycles. The highest BCUT2D eigenvalue weighted by Gasteiger charge is 2.18. The lowest BCUT2D eigenvalue weighted by Crippen LogP contribution is -2.26. The molecule has 0 saturated carbocycles. The summed E-state index contributed by atoms with van der Waals surface area (Å²) < 4.78 is 14.8. The van der Waals surface area contributed by atoms with Crippen LogP contribution in [0.4, 0.5) is 10.1 Å². The first-order valence-corrected chi connectivity index (χ1v) is 8.28. The number of carbonyl (C=O) groups excluding carboxylic acids is 1. The third kappa shape index (κ3) is 3.20. The van der Waals surface area contributed by atoms with Crippen LogP contribution in [0.25, 0.3) is 16.6 Å². The Morgan fingerprint density at radius 3 is 2.30 bits per heavy atom. The fraction of sp³-hybridized carbons (Fsp3) is 0. The Balaban J connectivity index is 1.88. The summed E-state index contributed by atoms with van der Waals surface area (Å²) in [5, 5.41) is 7.30. The number of hydrogen-bond donors (Lipinski definition) is 1. The van der Waals surface area contributed by atoms with Crippen molar-refractivity contribution in [3.8, 4) is 5.69 Å². The van der Waals surface area contributed by atoms with Gasteiger partial charge in [-0.05, 0) is 48.5 Å². The Morgan fingerprint density at radius 2 is 1.56 bits per heavy atom. The van der Waals surface area contributed by atoms with E-state index < -0.39 is 11.3 Å². The fourth-order valence-electron chi connectivity index (χ4n) is 2.82. The zero-order valence-corrected chi connectivity index (χ0v) is 14.1. The molecule has 4 rings (SSSR count). The summed E-state index contributed by atoms with van der Waals surface area (Å²) in [5.41, 5.74) is 0.941. The molecular formula is C21H14FN3O2. The number of benzene rings is 3. The highest BCUT2D eigenvalue weighted by Crippen LogP contribution is 2.16. The topological polar surface area (TPSA) is 64.0 Å². The van der Waals surface area contributed by atoms with Crippen molar-refractivity contribution in [1.29, 1.82) is 0 Å². The summed E-state index contributed by atoms with van der Waals surface area (Å²) in [6.07, 6.45) is 0. The van der Waals surface area contributed by atoms with E-state index in [-0.39, 0.29) is 11.5 Å². The molecular weight excluding hydrogens is 345 g/mol. The van der Waals surface area contributed by atoms with Crippen LogP contribution >= 0.6 is 0 Å². The van der Waals surface area contributed by atoms with Crippen molar-refractivity contribution in [3.63, 3.8) is 0 Å². The highest BCUT2D eigenvalue weighted by molar-refractivity contribution is 6.04. The van der Waals surface area contributed by atoms with Gasteiger partial charge in [-0.25, -0.2) is 9.07 Å². The molecule has 1 amide bonds. The molecule has 132 valence electrons. The summed E-state index contributed by atoms with van der Waals surface area (Å²) in [6.45, 7) is 0. The fourth-order valence-corrected chi connectivity index (χ4v) is 2.82. The molecule has 0 aliphatic rings. The van der Waals surface area contributed by atoms with E-state index in [0.29, 0.717) is 22.3 Å². The minimum atomic E-state index is -0.604. The van der Waals surface area contributed by atoms with E-state index >= 15 is 0 Å². The van der Waals surface area contributed by atoms with Crippen molar-refractivity contribution in [2.24, 2.45) is 0 Å². The lowest BCUT2D eigenvalue weighted by atomic mass is 10.2. The number of anilines is 1. The first-order chi connectivity index (χ1) is 13.1. The molecule has 0 aliphatic heterocycles. The first kappa shape index (κ1) is 16.7. The second-order valence-electron chi connectivity index (χ2n) is 5.90. The molecule has 0 aliphatic carbocycles. The van der Waals surface area contributed by atoms with Gasteiger partial charge >= 0.3 is 0 Å². The summed E-state index contributed by atoms with van der Waals surface area (Å²) in [7, 11) is 0. The van der Waals surface area contributed by atoms with E-state index in [1.54, 1.807) is 48.5 Å². The average molecular weight is 359 g/mol. The van der Waals surface area contributed by atoms with Gasteiger partial charge in [-0.15, -0.1) is 0 Å². The Hall–Kier alpha value is -3.80. The smallest absolute Gasteiger partial charge is 0.280 e. The van der Waals surface area contributed by atoms with E-state index in [9.17, 15) is 14.0 Å². The van der Waals surface area contributed by atoms with E-state index in [1.807, 2.05) is 6.07 Å². The van der Waals surface area contributed by atoms with Gasteiger partial charge in [0.1, 0.15) is 5.82 Å². The van der Waals surface area contributed by atoms with Crippen LogP contribution in [-0.2, 0) is 0 Å². The van der Waals surface area contributed by atoms with Crippen molar-refractivity contribution in [2.45, 2.75) is 0 Å². The van der Waals surface area contributed by atoms with Crippen LogP contribution in [-0.4, -0.2) is 15.7 Å². The van der Waals surface area contributed by atoms with Gasteiger partial charge in [-0.1, -0.05) is 30.3 Å². The second kappa shape index (κ2) is 6.84. The van der Waals surface area contributed by atoms with Crippen molar-refractivity contribution in [1.82, 2.24) is 9.78 Å². The maximum atomic E-state index is 13.3. The van der Waals surface area contributed by atoms with E-state index in [2.05, 4.69) is 10.4 Å². The standard InChI is InChI=1S/C21H14FN3O2/c22-14-10-12-16(13-11-14)25-18-9-5-4-8-17(18)20(26)19(24-25)21(27)23-15-6-2-1-3-7-15/h1-13H,(H,23,27). The second-order valence-corrected chi connectivity index (χ2v) is 5.90. The lowest BCUT2D eigenvalue weighted by molar-refractivity contribution is 0.102. The maximum Gasteiger partial charge on any atom is 0.280 e. The number of halogens is 1. The third-order valence-electron chi connectivity index (χ3n) is 4.11. The van der Waals surface area contributed by atoms with Gasteiger partial charge in [0.15, 0.2) is 5.69 Å². The molecule has 0 radical (unpaired) electrons. The van der Waals surface area contributed by atoms with Gasteiger partial charge < -0.3 is 5.32 Å². The Morgan fingerprint density at radius 1 is 0.889 bits per heavy atom. The quantitative estimate of drug-likeness (QED) is 0.605. The highest BCUT2D eigenvalue weighted by atomic mass is 19.1. The summed E-state index contributed by atoms with van der Waals surface area (Å²) in [6, 6.07) is 21.4. The number of nitrogens with one attached hydrogen (secondary N) is 1. The van der Waals surface area contributed by atoms with E-state index in [0.717, 1.165) is 0 Å². The minimum absolute atomic E-state index is 0.234. The molecule has 0 bridgehead atoms. The monoisotopic (exact) mass is 359 g/mol. The normalized spacial score (nSPS) is 10.7. The van der Waals surface area contributed by atoms with Gasteiger partial charge in [0.25, 0.3) is 5.91 Å². The molecule has 0 fully saturated rings. The predicted molar refractivity (Wildman–Crippen MR) is 102 cm³/mol. The molecule has 0 unspecified atom stereocenters. The number of hydrogen-bond acceptors (Lipinski definition) is 3. The van der Waals surface area contributed by atoms with Crippen LogP contribution in [0.2, 0.25) is 0 Å². The largest absolute Gasteiger partial charge is 0.320 e. The number of nitrogens with zero attached hydrogens (tertiary/aromatic N) is 2. The molecule has 0 atom stereocenters. The lowest BCUT2D eigenvalue weighted by Gasteiger charge is -2.12. The van der Waals surface area contributed by atoms with Gasteiger partial charge in [-0.2, -0.15) is 5.10 Å². The molecule has 3 aromatic carbocycles. The van der Waals surface area contributed by atoms with Crippen LogP contribution in [0, 0.1) is 5.82 Å². The van der Waals surface area contributed by atoms with Crippen LogP contribution in [0.15, 0.2) is 83.7 Å². The summed E-state index contributed by atoms with van der Waals surface area (Å²) >= 11 is 0. The SMILES string of the molecule is O=C(Nc1ccccc1)c1nn(-c2ccc(F)cc2)c2ccccc2c1=O. The molecule has 5 nitrogen and oxygen atoms in total. The van der Waals surface area contributed by atoms with Crippen molar-refractivity contribution in [3.05, 3.63) is 101 Å². The van der Waals surface area contributed by atoms with Crippen molar-refractivity contribution < 1.29 is 9.18 Å². The third-order valence-corrected chi connectivity index (χ3v) is 4.11. The van der Waals surface area contributed by atoms with Gasteiger partial charge in [0, 0.05) is 5.69 Å². The van der Waals surface area contributed by atoms with Crippen LogP contribution in [0.1, 0.15) is 10.5 Å². The van der Waals surface area contributed by atoms with Crippen molar-refractivity contribution in [2.75, 3.05) is 5.32 Å². The molecule has 6 heteroatoms. The predicted octanol–water partition coefficient (Wildman–Crippen LogP) is 3.78. The zero-order chi connectivity index (χ0) is 18.8. The van der Waals surface area contributed by atoms with E-state index in [1.165, 1.54) is 28.9 Å². The van der Waals surface area contributed by atoms with Crippen LogP contribution in [0.3, 0.4) is 0 Å². The number of amides is 1. The average Bonchev–Trinajstić information content (AvgIpc) is 2.70. The molecule has 27 heavy (non-hydrogen) atoms. The van der Waals surface area contributed by atoms with E-state index in [4.69, 9.17) is 0 Å². The molecule has 0 spiro atoms. The van der Waals surface area contributed by atoms with Gasteiger partial charge in [0.2, 0.25) is 5.43 Å². The number of fused-ring (bicyclic) bond motifs is 1. The minimum Gasteiger partial charge on any atom is -0.320 e. The number of para-hydroxylation sites is 2.